The normalized spacial score (nSPS) is 14.9. The number of hydrogen-bond acceptors (Lipinski definition) is 3. The van der Waals surface area contributed by atoms with Crippen LogP contribution in [0.25, 0.3) is 0 Å². The molecule has 0 saturated heterocycles. The molecule has 0 saturated carbocycles. The van der Waals surface area contributed by atoms with Gasteiger partial charge in [-0.2, -0.15) is 0 Å². The van der Waals surface area contributed by atoms with Gasteiger partial charge in [0, 0.05) is 12.2 Å². The molecule has 0 aliphatic heterocycles. The number of nitrogens with zero attached hydrogens (tertiary/aromatic N) is 1. The summed E-state index contributed by atoms with van der Waals surface area (Å²) in [5.74, 6) is 1.11. The van der Waals surface area contributed by atoms with Crippen LogP contribution in [0.5, 0.6) is 0 Å². The summed E-state index contributed by atoms with van der Waals surface area (Å²) in [5.41, 5.74) is 8.21. The van der Waals surface area contributed by atoms with Crippen molar-refractivity contribution in [3.05, 3.63) is 23.4 Å². The van der Waals surface area contributed by atoms with E-state index >= 15 is 0 Å². The fourth-order valence-electron chi connectivity index (χ4n) is 1.77. The quantitative estimate of drug-likeness (QED) is 0.794. The van der Waals surface area contributed by atoms with Gasteiger partial charge in [0.2, 0.25) is 0 Å². The summed E-state index contributed by atoms with van der Waals surface area (Å²) in [5, 5.41) is 3.24. The van der Waals surface area contributed by atoms with E-state index in [-0.39, 0.29) is 0 Å². The van der Waals surface area contributed by atoms with E-state index in [1.165, 1.54) is 5.56 Å². The van der Waals surface area contributed by atoms with Gasteiger partial charge in [0.15, 0.2) is 0 Å². The Balaban J connectivity index is 2.80. The van der Waals surface area contributed by atoms with Gasteiger partial charge in [-0.1, -0.05) is 13.0 Å². The van der Waals surface area contributed by atoms with Crippen molar-refractivity contribution in [2.45, 2.75) is 39.2 Å². The standard InChI is InChI=1S/C12H21N3/c1-8-5-11(12(13)15-7-8)9(2)6-10(3)14-4/h5,7,9-10,14H,6H2,1-4H3,(H2,13,15). The van der Waals surface area contributed by atoms with Crippen LogP contribution < -0.4 is 11.1 Å². The average molecular weight is 207 g/mol. The average Bonchev–Trinajstić information content (AvgIpc) is 2.21. The Bertz CT molecular complexity index is 323. The number of nitrogens with one attached hydrogen (secondary N) is 1. The molecule has 0 amide bonds. The third-order valence-corrected chi connectivity index (χ3v) is 2.82. The maximum absolute atomic E-state index is 5.88. The molecule has 15 heavy (non-hydrogen) atoms. The maximum atomic E-state index is 5.88. The van der Waals surface area contributed by atoms with Gasteiger partial charge >= 0.3 is 0 Å². The van der Waals surface area contributed by atoms with Crippen LogP contribution in [0.3, 0.4) is 0 Å². The molecule has 0 aliphatic carbocycles. The van der Waals surface area contributed by atoms with Crippen LogP contribution >= 0.6 is 0 Å². The number of aromatic nitrogens is 1. The Morgan fingerprint density at radius 1 is 1.47 bits per heavy atom. The monoisotopic (exact) mass is 207 g/mol. The van der Waals surface area contributed by atoms with Crippen molar-refractivity contribution in [2.24, 2.45) is 0 Å². The van der Waals surface area contributed by atoms with Crippen molar-refractivity contribution in [3.8, 4) is 0 Å². The number of pyridine rings is 1. The molecular weight excluding hydrogens is 186 g/mol. The highest BCUT2D eigenvalue weighted by Crippen LogP contribution is 2.25. The molecule has 2 unspecified atom stereocenters. The van der Waals surface area contributed by atoms with Gasteiger partial charge in [-0.05, 0) is 44.4 Å². The van der Waals surface area contributed by atoms with Crippen LogP contribution in [0.4, 0.5) is 5.82 Å². The minimum atomic E-state index is 0.444. The Hall–Kier alpha value is -1.09. The van der Waals surface area contributed by atoms with Gasteiger partial charge in [-0.25, -0.2) is 4.98 Å². The van der Waals surface area contributed by atoms with Crippen LogP contribution in [0.1, 0.15) is 37.3 Å². The predicted molar refractivity (Wildman–Crippen MR) is 64.9 cm³/mol. The van der Waals surface area contributed by atoms with E-state index in [0.717, 1.165) is 12.0 Å². The van der Waals surface area contributed by atoms with Crippen molar-refractivity contribution in [2.75, 3.05) is 12.8 Å². The molecular formula is C12H21N3. The number of anilines is 1. The molecule has 3 heteroatoms. The van der Waals surface area contributed by atoms with Crippen LogP contribution in [0.2, 0.25) is 0 Å². The summed E-state index contributed by atoms with van der Waals surface area (Å²) in [6.07, 6.45) is 2.89. The van der Waals surface area contributed by atoms with E-state index < -0.39 is 0 Å². The lowest BCUT2D eigenvalue weighted by atomic mass is 9.94. The van der Waals surface area contributed by atoms with Crippen molar-refractivity contribution < 1.29 is 0 Å². The Morgan fingerprint density at radius 2 is 2.13 bits per heavy atom. The van der Waals surface area contributed by atoms with Gasteiger partial charge in [0.05, 0.1) is 0 Å². The molecule has 0 bridgehead atoms. The second kappa shape index (κ2) is 5.12. The molecule has 0 aliphatic rings. The highest BCUT2D eigenvalue weighted by Gasteiger charge is 2.12. The minimum Gasteiger partial charge on any atom is -0.383 e. The first-order valence-electron chi connectivity index (χ1n) is 5.44. The highest BCUT2D eigenvalue weighted by molar-refractivity contribution is 5.42. The second-order valence-corrected chi connectivity index (χ2v) is 4.31. The van der Waals surface area contributed by atoms with Gasteiger partial charge in [0.1, 0.15) is 5.82 Å². The first-order chi connectivity index (χ1) is 7.04. The number of nitrogens with two attached hydrogens (primary N) is 1. The molecule has 1 aromatic rings. The molecule has 0 fully saturated rings. The molecule has 3 nitrogen and oxygen atoms in total. The lowest BCUT2D eigenvalue weighted by molar-refractivity contribution is 0.516. The summed E-state index contributed by atoms with van der Waals surface area (Å²) >= 11 is 0. The van der Waals surface area contributed by atoms with Crippen molar-refractivity contribution >= 4 is 5.82 Å². The maximum Gasteiger partial charge on any atom is 0.126 e. The van der Waals surface area contributed by atoms with E-state index in [1.807, 2.05) is 20.2 Å². The first-order valence-corrected chi connectivity index (χ1v) is 5.44. The topological polar surface area (TPSA) is 50.9 Å². The molecule has 3 N–H and O–H groups in total. The molecule has 0 spiro atoms. The van der Waals surface area contributed by atoms with E-state index in [0.29, 0.717) is 17.8 Å². The Labute approximate surface area is 92.1 Å². The highest BCUT2D eigenvalue weighted by atomic mass is 14.9. The van der Waals surface area contributed by atoms with Gasteiger partial charge in [0.25, 0.3) is 0 Å². The number of hydrogen-bond donors (Lipinski definition) is 2. The smallest absolute Gasteiger partial charge is 0.126 e. The molecule has 0 aromatic carbocycles. The predicted octanol–water partition coefficient (Wildman–Crippen LogP) is 2.07. The molecule has 1 rings (SSSR count). The van der Waals surface area contributed by atoms with Gasteiger partial charge in [-0.3, -0.25) is 0 Å². The summed E-state index contributed by atoms with van der Waals surface area (Å²) in [6.45, 7) is 6.42. The summed E-state index contributed by atoms with van der Waals surface area (Å²) in [6, 6.07) is 2.63. The van der Waals surface area contributed by atoms with Crippen LogP contribution in [0, 0.1) is 6.92 Å². The fraction of sp³-hybridized carbons (Fsp3) is 0.583. The zero-order valence-corrected chi connectivity index (χ0v) is 10.0. The van der Waals surface area contributed by atoms with Crippen LogP contribution in [0.15, 0.2) is 12.3 Å². The van der Waals surface area contributed by atoms with Crippen LogP contribution in [-0.4, -0.2) is 18.1 Å². The van der Waals surface area contributed by atoms with E-state index in [2.05, 4.69) is 30.2 Å². The molecule has 84 valence electrons. The first kappa shape index (κ1) is 12.0. The Morgan fingerprint density at radius 3 is 2.73 bits per heavy atom. The summed E-state index contributed by atoms with van der Waals surface area (Å²) < 4.78 is 0. The van der Waals surface area contributed by atoms with Crippen LogP contribution in [-0.2, 0) is 0 Å². The van der Waals surface area contributed by atoms with Gasteiger partial charge < -0.3 is 11.1 Å². The molecule has 1 aromatic heterocycles. The van der Waals surface area contributed by atoms with E-state index in [9.17, 15) is 0 Å². The minimum absolute atomic E-state index is 0.444. The zero-order valence-electron chi connectivity index (χ0n) is 10.0. The summed E-state index contributed by atoms with van der Waals surface area (Å²) in [4.78, 5) is 4.19. The number of aryl methyl sites for hydroxylation is 1. The fourth-order valence-corrected chi connectivity index (χ4v) is 1.77. The van der Waals surface area contributed by atoms with Gasteiger partial charge in [-0.15, -0.1) is 0 Å². The second-order valence-electron chi connectivity index (χ2n) is 4.31. The SMILES string of the molecule is CNC(C)CC(C)c1cc(C)cnc1N. The van der Waals surface area contributed by atoms with Crippen molar-refractivity contribution in [1.82, 2.24) is 10.3 Å². The van der Waals surface area contributed by atoms with Crippen molar-refractivity contribution in [1.29, 1.82) is 0 Å². The zero-order chi connectivity index (χ0) is 11.4. The Kier molecular flexibility index (Phi) is 4.09. The third-order valence-electron chi connectivity index (χ3n) is 2.82. The number of nitrogen functional groups attached to an aromatic ring is 1. The largest absolute Gasteiger partial charge is 0.383 e. The molecule has 0 radical (unpaired) electrons. The molecule has 2 atom stereocenters. The lowest BCUT2D eigenvalue weighted by Crippen LogP contribution is -2.23. The third kappa shape index (κ3) is 3.20. The van der Waals surface area contributed by atoms with E-state index in [4.69, 9.17) is 5.73 Å². The lowest BCUT2D eigenvalue weighted by Gasteiger charge is -2.18. The summed E-state index contributed by atoms with van der Waals surface area (Å²) in [7, 11) is 1.98. The van der Waals surface area contributed by atoms with E-state index in [1.54, 1.807) is 0 Å². The number of rotatable bonds is 4. The van der Waals surface area contributed by atoms with Crippen molar-refractivity contribution in [3.63, 3.8) is 0 Å². The molecule has 1 heterocycles.